The molecule has 3 heteroatoms. The first kappa shape index (κ1) is 13.5. The summed E-state index contributed by atoms with van der Waals surface area (Å²) >= 11 is 0. The molecule has 1 aliphatic rings. The highest BCUT2D eigenvalue weighted by molar-refractivity contribution is 5.17. The van der Waals surface area contributed by atoms with Crippen LogP contribution in [0.1, 0.15) is 31.0 Å². The van der Waals surface area contributed by atoms with E-state index in [-0.39, 0.29) is 0 Å². The van der Waals surface area contributed by atoms with Gasteiger partial charge in [0.15, 0.2) is 0 Å². The molecule has 1 saturated heterocycles. The Morgan fingerprint density at radius 3 is 3.00 bits per heavy atom. The van der Waals surface area contributed by atoms with Crippen LogP contribution in [0.2, 0.25) is 0 Å². The third-order valence-electron chi connectivity index (χ3n) is 4.20. The summed E-state index contributed by atoms with van der Waals surface area (Å²) < 4.78 is 0. The molecule has 3 nitrogen and oxygen atoms in total. The standard InChI is InChI=1S/C15H25N3/c1-4-13-10-18(9-7-14(13)16-3)11-15-12(2)6-5-8-17-15/h5-6,8,13-14,16H,4,7,9-11H2,1-3H3. The summed E-state index contributed by atoms with van der Waals surface area (Å²) in [4.78, 5) is 7.06. The SMILES string of the molecule is CCC1CN(Cc2ncccc2C)CCC1NC. The Morgan fingerprint density at radius 1 is 1.50 bits per heavy atom. The highest BCUT2D eigenvalue weighted by Gasteiger charge is 2.26. The Hall–Kier alpha value is -0.930. The van der Waals surface area contributed by atoms with Gasteiger partial charge in [-0.2, -0.15) is 0 Å². The average Bonchev–Trinajstić information content (AvgIpc) is 2.41. The molecule has 18 heavy (non-hydrogen) atoms. The number of nitrogens with zero attached hydrogens (tertiary/aromatic N) is 2. The number of pyridine rings is 1. The second kappa shape index (κ2) is 6.30. The number of piperidine rings is 1. The largest absolute Gasteiger partial charge is 0.317 e. The molecule has 1 N–H and O–H groups in total. The Kier molecular flexibility index (Phi) is 4.72. The average molecular weight is 247 g/mol. The summed E-state index contributed by atoms with van der Waals surface area (Å²) in [5.41, 5.74) is 2.54. The lowest BCUT2D eigenvalue weighted by Crippen LogP contribution is -2.47. The quantitative estimate of drug-likeness (QED) is 0.884. The highest BCUT2D eigenvalue weighted by atomic mass is 15.2. The fourth-order valence-corrected chi connectivity index (χ4v) is 2.94. The zero-order chi connectivity index (χ0) is 13.0. The Balaban J connectivity index is 1.97. The Bertz CT molecular complexity index is 378. The van der Waals surface area contributed by atoms with E-state index in [2.05, 4.69) is 42.2 Å². The number of aromatic nitrogens is 1. The van der Waals surface area contributed by atoms with Gasteiger partial charge in [0.05, 0.1) is 5.69 Å². The molecule has 0 aliphatic carbocycles. The summed E-state index contributed by atoms with van der Waals surface area (Å²) in [7, 11) is 2.09. The molecule has 1 aliphatic heterocycles. The van der Waals surface area contributed by atoms with E-state index in [1.807, 2.05) is 12.3 Å². The van der Waals surface area contributed by atoms with Crippen LogP contribution in [0, 0.1) is 12.8 Å². The van der Waals surface area contributed by atoms with Crippen molar-refractivity contribution in [2.45, 2.75) is 39.3 Å². The van der Waals surface area contributed by atoms with E-state index < -0.39 is 0 Å². The van der Waals surface area contributed by atoms with Gasteiger partial charge in [0.2, 0.25) is 0 Å². The van der Waals surface area contributed by atoms with Crippen LogP contribution < -0.4 is 5.32 Å². The summed E-state index contributed by atoms with van der Waals surface area (Å²) in [6.45, 7) is 7.82. The van der Waals surface area contributed by atoms with Crippen LogP contribution in [-0.2, 0) is 6.54 Å². The van der Waals surface area contributed by atoms with Crippen LogP contribution >= 0.6 is 0 Å². The van der Waals surface area contributed by atoms with Crippen molar-refractivity contribution in [3.63, 3.8) is 0 Å². The van der Waals surface area contributed by atoms with Gasteiger partial charge in [-0.05, 0) is 37.9 Å². The maximum absolute atomic E-state index is 4.51. The van der Waals surface area contributed by atoms with Crippen LogP contribution in [0.5, 0.6) is 0 Å². The molecule has 2 rings (SSSR count). The minimum absolute atomic E-state index is 0.691. The molecule has 0 saturated carbocycles. The maximum atomic E-state index is 4.51. The predicted molar refractivity (Wildman–Crippen MR) is 75.5 cm³/mol. The van der Waals surface area contributed by atoms with Crippen LogP contribution in [0.15, 0.2) is 18.3 Å². The number of hydrogen-bond donors (Lipinski definition) is 1. The van der Waals surface area contributed by atoms with Crippen molar-refractivity contribution < 1.29 is 0 Å². The van der Waals surface area contributed by atoms with Gasteiger partial charge < -0.3 is 5.32 Å². The van der Waals surface area contributed by atoms with Crippen LogP contribution in [-0.4, -0.2) is 36.1 Å². The highest BCUT2D eigenvalue weighted by Crippen LogP contribution is 2.21. The molecule has 2 atom stereocenters. The molecule has 2 unspecified atom stereocenters. The molecule has 2 heterocycles. The maximum Gasteiger partial charge on any atom is 0.0573 e. The third-order valence-corrected chi connectivity index (χ3v) is 4.20. The van der Waals surface area contributed by atoms with E-state index in [1.165, 1.54) is 37.2 Å². The van der Waals surface area contributed by atoms with Crippen molar-refractivity contribution in [1.29, 1.82) is 0 Å². The van der Waals surface area contributed by atoms with Gasteiger partial charge in [-0.3, -0.25) is 9.88 Å². The second-order valence-corrected chi connectivity index (χ2v) is 5.35. The van der Waals surface area contributed by atoms with Crippen molar-refractivity contribution in [3.8, 4) is 0 Å². The number of hydrogen-bond acceptors (Lipinski definition) is 3. The minimum atomic E-state index is 0.691. The first-order valence-electron chi connectivity index (χ1n) is 7.04. The lowest BCUT2D eigenvalue weighted by atomic mass is 9.90. The topological polar surface area (TPSA) is 28.2 Å². The monoisotopic (exact) mass is 247 g/mol. The van der Waals surface area contributed by atoms with E-state index in [0.717, 1.165) is 12.5 Å². The molecular weight excluding hydrogens is 222 g/mol. The van der Waals surface area contributed by atoms with E-state index in [4.69, 9.17) is 0 Å². The van der Waals surface area contributed by atoms with Gasteiger partial charge >= 0.3 is 0 Å². The Morgan fingerprint density at radius 2 is 2.33 bits per heavy atom. The van der Waals surface area contributed by atoms with Gasteiger partial charge in [-0.25, -0.2) is 0 Å². The van der Waals surface area contributed by atoms with Crippen molar-refractivity contribution in [3.05, 3.63) is 29.6 Å². The normalized spacial score (nSPS) is 25.3. The van der Waals surface area contributed by atoms with E-state index in [1.54, 1.807) is 0 Å². The fraction of sp³-hybridized carbons (Fsp3) is 0.667. The van der Waals surface area contributed by atoms with E-state index >= 15 is 0 Å². The number of rotatable bonds is 4. The van der Waals surface area contributed by atoms with Gasteiger partial charge in [0.1, 0.15) is 0 Å². The number of likely N-dealkylation sites (tertiary alicyclic amines) is 1. The molecule has 0 bridgehead atoms. The van der Waals surface area contributed by atoms with Crippen LogP contribution in [0.25, 0.3) is 0 Å². The van der Waals surface area contributed by atoms with Gasteiger partial charge in [0, 0.05) is 31.9 Å². The molecule has 1 fully saturated rings. The van der Waals surface area contributed by atoms with Crippen LogP contribution in [0.3, 0.4) is 0 Å². The first-order valence-corrected chi connectivity index (χ1v) is 7.04. The summed E-state index contributed by atoms with van der Waals surface area (Å²) in [6.07, 6.45) is 4.41. The lowest BCUT2D eigenvalue weighted by Gasteiger charge is -2.38. The molecule has 100 valence electrons. The second-order valence-electron chi connectivity index (χ2n) is 5.35. The third kappa shape index (κ3) is 3.09. The summed E-state index contributed by atoms with van der Waals surface area (Å²) in [5, 5.41) is 3.46. The number of aryl methyl sites for hydroxylation is 1. The molecular formula is C15H25N3. The molecule has 1 aromatic rings. The fourth-order valence-electron chi connectivity index (χ4n) is 2.94. The smallest absolute Gasteiger partial charge is 0.0573 e. The molecule has 0 amide bonds. The van der Waals surface area contributed by atoms with Crippen molar-refractivity contribution in [2.75, 3.05) is 20.1 Å². The lowest BCUT2D eigenvalue weighted by molar-refractivity contribution is 0.131. The van der Waals surface area contributed by atoms with Crippen molar-refractivity contribution >= 4 is 0 Å². The zero-order valence-corrected chi connectivity index (χ0v) is 11.8. The minimum Gasteiger partial charge on any atom is -0.317 e. The van der Waals surface area contributed by atoms with Gasteiger partial charge in [-0.1, -0.05) is 19.4 Å². The molecule has 0 aromatic carbocycles. The summed E-state index contributed by atoms with van der Waals surface area (Å²) in [5.74, 6) is 0.771. The van der Waals surface area contributed by atoms with E-state index in [0.29, 0.717) is 6.04 Å². The van der Waals surface area contributed by atoms with E-state index in [9.17, 15) is 0 Å². The van der Waals surface area contributed by atoms with Crippen molar-refractivity contribution in [1.82, 2.24) is 15.2 Å². The van der Waals surface area contributed by atoms with Gasteiger partial charge in [-0.15, -0.1) is 0 Å². The summed E-state index contributed by atoms with van der Waals surface area (Å²) in [6, 6.07) is 4.86. The zero-order valence-electron chi connectivity index (χ0n) is 11.8. The van der Waals surface area contributed by atoms with Gasteiger partial charge in [0.25, 0.3) is 0 Å². The van der Waals surface area contributed by atoms with Crippen molar-refractivity contribution in [2.24, 2.45) is 5.92 Å². The Labute approximate surface area is 111 Å². The molecule has 1 aromatic heterocycles. The molecule has 0 spiro atoms. The number of nitrogens with one attached hydrogen (secondary N) is 1. The van der Waals surface area contributed by atoms with Crippen LogP contribution in [0.4, 0.5) is 0 Å². The predicted octanol–water partition coefficient (Wildman–Crippen LogP) is 2.21. The first-order chi connectivity index (χ1) is 8.74. The molecule has 0 radical (unpaired) electrons.